The Labute approximate surface area is 130 Å². The molecule has 2 fully saturated rings. The summed E-state index contributed by atoms with van der Waals surface area (Å²) in [5.41, 5.74) is -0.459. The van der Waals surface area contributed by atoms with Crippen LogP contribution in [0, 0.1) is 17.3 Å². The first-order chi connectivity index (χ1) is 9.97. The Morgan fingerprint density at radius 3 is 2.76 bits per heavy atom. The molecule has 1 saturated carbocycles. The Balaban J connectivity index is 1.95. The Morgan fingerprint density at radius 1 is 1.38 bits per heavy atom. The minimum Gasteiger partial charge on any atom is -0.481 e. The van der Waals surface area contributed by atoms with E-state index < -0.39 is 11.4 Å². The zero-order valence-electron chi connectivity index (χ0n) is 14.1. The van der Waals surface area contributed by atoms with Crippen molar-refractivity contribution < 1.29 is 9.90 Å². The summed E-state index contributed by atoms with van der Waals surface area (Å²) in [6.07, 6.45) is 9.26. The quantitative estimate of drug-likeness (QED) is 0.799. The molecular weight excluding hydrogens is 262 g/mol. The molecule has 3 unspecified atom stereocenters. The Kier molecular flexibility index (Phi) is 5.70. The summed E-state index contributed by atoms with van der Waals surface area (Å²) in [7, 11) is 0. The van der Waals surface area contributed by atoms with Crippen LogP contribution >= 0.6 is 0 Å². The number of carboxylic acids is 1. The fraction of sp³-hybridized carbons (Fsp3) is 0.944. The summed E-state index contributed by atoms with van der Waals surface area (Å²) in [6.45, 7) is 8.51. The molecule has 3 atom stereocenters. The number of nitrogens with zero attached hydrogens (tertiary/aromatic N) is 1. The van der Waals surface area contributed by atoms with Crippen LogP contribution in [0.25, 0.3) is 0 Å². The van der Waals surface area contributed by atoms with Crippen LogP contribution in [-0.2, 0) is 4.79 Å². The minimum atomic E-state index is -0.568. The molecule has 0 bridgehead atoms. The van der Waals surface area contributed by atoms with Crippen molar-refractivity contribution in [2.75, 3.05) is 13.1 Å². The first-order valence-electron chi connectivity index (χ1n) is 8.94. The molecule has 1 saturated heterocycles. The summed E-state index contributed by atoms with van der Waals surface area (Å²) in [5.74, 6) is 1.07. The number of carbonyl (C=O) groups is 1. The van der Waals surface area contributed by atoms with E-state index in [0.29, 0.717) is 6.04 Å². The third-order valence-electron chi connectivity index (χ3n) is 5.64. The molecule has 2 rings (SSSR count). The van der Waals surface area contributed by atoms with E-state index in [2.05, 4.69) is 25.7 Å². The van der Waals surface area contributed by atoms with Gasteiger partial charge in [0.05, 0.1) is 5.41 Å². The minimum absolute atomic E-state index is 0.459. The summed E-state index contributed by atoms with van der Waals surface area (Å²) in [5, 5.41) is 9.66. The molecule has 3 heteroatoms. The lowest BCUT2D eigenvalue weighted by Gasteiger charge is -2.37. The van der Waals surface area contributed by atoms with E-state index in [1.807, 2.05) is 0 Å². The van der Waals surface area contributed by atoms with E-state index in [1.165, 1.54) is 32.1 Å². The van der Waals surface area contributed by atoms with Crippen molar-refractivity contribution in [2.24, 2.45) is 17.3 Å². The summed E-state index contributed by atoms with van der Waals surface area (Å²) in [4.78, 5) is 14.2. The van der Waals surface area contributed by atoms with Crippen molar-refractivity contribution in [2.45, 2.75) is 78.2 Å². The van der Waals surface area contributed by atoms with Gasteiger partial charge >= 0.3 is 5.97 Å². The fourth-order valence-corrected chi connectivity index (χ4v) is 4.66. The SMILES string of the molecule is CCCC1(C(=O)O)CCN(C2CCCC(CC(C)C)C2)C1. The molecule has 0 aromatic rings. The lowest BCUT2D eigenvalue weighted by atomic mass is 9.80. The fourth-order valence-electron chi connectivity index (χ4n) is 4.66. The van der Waals surface area contributed by atoms with Crippen LogP contribution in [0.5, 0.6) is 0 Å². The third-order valence-corrected chi connectivity index (χ3v) is 5.64. The molecule has 1 aliphatic carbocycles. The smallest absolute Gasteiger partial charge is 0.310 e. The van der Waals surface area contributed by atoms with Gasteiger partial charge < -0.3 is 5.11 Å². The lowest BCUT2D eigenvalue weighted by molar-refractivity contribution is -0.148. The second kappa shape index (κ2) is 7.13. The van der Waals surface area contributed by atoms with Crippen LogP contribution < -0.4 is 0 Å². The van der Waals surface area contributed by atoms with Crippen molar-refractivity contribution in [3.05, 3.63) is 0 Å². The molecular formula is C18H33NO2. The van der Waals surface area contributed by atoms with Crippen LogP contribution in [0.4, 0.5) is 0 Å². The van der Waals surface area contributed by atoms with Crippen LogP contribution in [0.2, 0.25) is 0 Å². The highest BCUT2D eigenvalue weighted by molar-refractivity contribution is 5.75. The molecule has 2 aliphatic rings. The van der Waals surface area contributed by atoms with Crippen molar-refractivity contribution in [1.29, 1.82) is 0 Å². The van der Waals surface area contributed by atoms with E-state index in [4.69, 9.17) is 0 Å². The number of hydrogen-bond acceptors (Lipinski definition) is 2. The van der Waals surface area contributed by atoms with Gasteiger partial charge in [0.25, 0.3) is 0 Å². The zero-order valence-corrected chi connectivity index (χ0v) is 14.1. The van der Waals surface area contributed by atoms with Gasteiger partial charge in [0.15, 0.2) is 0 Å². The molecule has 0 aromatic heterocycles. The number of likely N-dealkylation sites (tertiary alicyclic amines) is 1. The first-order valence-corrected chi connectivity index (χ1v) is 8.94. The van der Waals surface area contributed by atoms with Gasteiger partial charge in [-0.25, -0.2) is 0 Å². The largest absolute Gasteiger partial charge is 0.481 e. The summed E-state index contributed by atoms with van der Waals surface area (Å²) < 4.78 is 0. The van der Waals surface area contributed by atoms with Gasteiger partial charge in [-0.05, 0) is 50.5 Å². The first kappa shape index (κ1) is 16.8. The van der Waals surface area contributed by atoms with Crippen LogP contribution in [-0.4, -0.2) is 35.1 Å². The molecule has 0 aromatic carbocycles. The van der Waals surface area contributed by atoms with E-state index in [0.717, 1.165) is 44.2 Å². The average molecular weight is 295 g/mol. The van der Waals surface area contributed by atoms with Crippen molar-refractivity contribution in [3.63, 3.8) is 0 Å². The number of aliphatic carboxylic acids is 1. The Hall–Kier alpha value is -0.570. The van der Waals surface area contributed by atoms with E-state index in [1.54, 1.807) is 0 Å². The zero-order chi connectivity index (χ0) is 15.5. The molecule has 1 heterocycles. The molecule has 0 amide bonds. The topological polar surface area (TPSA) is 40.5 Å². The maximum absolute atomic E-state index is 11.7. The average Bonchev–Trinajstić information content (AvgIpc) is 2.84. The van der Waals surface area contributed by atoms with Gasteiger partial charge in [-0.15, -0.1) is 0 Å². The van der Waals surface area contributed by atoms with Gasteiger partial charge in [0.1, 0.15) is 0 Å². The Morgan fingerprint density at radius 2 is 2.14 bits per heavy atom. The highest BCUT2D eigenvalue weighted by Crippen LogP contribution is 2.40. The van der Waals surface area contributed by atoms with E-state index in [9.17, 15) is 9.90 Å². The molecule has 0 spiro atoms. The molecule has 3 nitrogen and oxygen atoms in total. The number of hydrogen-bond donors (Lipinski definition) is 1. The number of carboxylic acid groups (broad SMARTS) is 1. The predicted molar refractivity (Wildman–Crippen MR) is 86.4 cm³/mol. The second-order valence-corrected chi connectivity index (χ2v) is 7.87. The summed E-state index contributed by atoms with van der Waals surface area (Å²) >= 11 is 0. The highest BCUT2D eigenvalue weighted by Gasteiger charge is 2.46. The maximum Gasteiger partial charge on any atom is 0.310 e. The van der Waals surface area contributed by atoms with Gasteiger partial charge in [-0.1, -0.05) is 40.0 Å². The van der Waals surface area contributed by atoms with Gasteiger partial charge in [-0.2, -0.15) is 0 Å². The summed E-state index contributed by atoms with van der Waals surface area (Å²) in [6, 6.07) is 0.639. The van der Waals surface area contributed by atoms with Crippen molar-refractivity contribution in [1.82, 2.24) is 4.90 Å². The maximum atomic E-state index is 11.7. The monoisotopic (exact) mass is 295 g/mol. The van der Waals surface area contributed by atoms with Crippen LogP contribution in [0.1, 0.15) is 72.1 Å². The van der Waals surface area contributed by atoms with Gasteiger partial charge in [0.2, 0.25) is 0 Å². The molecule has 122 valence electrons. The second-order valence-electron chi connectivity index (χ2n) is 7.87. The van der Waals surface area contributed by atoms with Crippen LogP contribution in [0.3, 0.4) is 0 Å². The van der Waals surface area contributed by atoms with Crippen LogP contribution in [0.15, 0.2) is 0 Å². The lowest BCUT2D eigenvalue weighted by Crippen LogP contribution is -2.41. The third kappa shape index (κ3) is 4.00. The molecule has 1 N–H and O–H groups in total. The molecule has 0 radical (unpaired) electrons. The standard InChI is InChI=1S/C18H33NO2/c1-4-8-18(17(20)21)9-10-19(13-18)16-7-5-6-15(12-16)11-14(2)3/h14-16H,4-13H2,1-3H3,(H,20,21). The Bertz CT molecular complexity index is 355. The van der Waals surface area contributed by atoms with Crippen molar-refractivity contribution >= 4 is 5.97 Å². The van der Waals surface area contributed by atoms with Gasteiger partial charge in [0, 0.05) is 12.6 Å². The van der Waals surface area contributed by atoms with E-state index >= 15 is 0 Å². The van der Waals surface area contributed by atoms with Gasteiger partial charge in [-0.3, -0.25) is 9.69 Å². The number of rotatable bonds is 6. The molecule has 1 aliphatic heterocycles. The predicted octanol–water partition coefficient (Wildman–Crippen LogP) is 4.17. The molecule has 21 heavy (non-hydrogen) atoms. The van der Waals surface area contributed by atoms with E-state index in [-0.39, 0.29) is 0 Å². The highest BCUT2D eigenvalue weighted by atomic mass is 16.4. The normalized spacial score (nSPS) is 34.5. The van der Waals surface area contributed by atoms with Crippen molar-refractivity contribution in [3.8, 4) is 0 Å².